The van der Waals surface area contributed by atoms with Crippen molar-refractivity contribution in [3.63, 3.8) is 0 Å². The molecule has 0 saturated carbocycles. The SMILES string of the molecule is CCOC(=O)N1CCC(N2C(=O)C(=O)/C(=C(/O)c3cccc(OCC(C)C)c3)C2c2ccccn2)CC1. The molecule has 0 radical (unpaired) electrons. The summed E-state index contributed by atoms with van der Waals surface area (Å²) in [7, 11) is 0. The van der Waals surface area contributed by atoms with E-state index >= 15 is 0 Å². The third kappa shape index (κ3) is 5.60. The Balaban J connectivity index is 1.69. The topological polar surface area (TPSA) is 109 Å². The number of rotatable bonds is 7. The molecule has 0 bridgehead atoms. The van der Waals surface area contributed by atoms with Gasteiger partial charge >= 0.3 is 6.09 Å². The second kappa shape index (κ2) is 11.5. The zero-order valence-electron chi connectivity index (χ0n) is 21.4. The van der Waals surface area contributed by atoms with E-state index in [1.54, 1.807) is 60.5 Å². The van der Waals surface area contributed by atoms with Crippen LogP contribution in [0, 0.1) is 5.92 Å². The van der Waals surface area contributed by atoms with Gasteiger partial charge in [-0.15, -0.1) is 0 Å². The fourth-order valence-electron chi connectivity index (χ4n) is 4.75. The van der Waals surface area contributed by atoms with Crippen molar-refractivity contribution in [2.75, 3.05) is 26.3 Å². The summed E-state index contributed by atoms with van der Waals surface area (Å²) in [5.74, 6) is -0.821. The molecule has 2 aromatic rings. The van der Waals surface area contributed by atoms with Crippen LogP contribution in [0.1, 0.15) is 50.9 Å². The Hall–Kier alpha value is -3.88. The number of carbonyl (C=O) groups is 3. The number of piperidine rings is 1. The molecule has 2 saturated heterocycles. The summed E-state index contributed by atoms with van der Waals surface area (Å²) < 4.78 is 10.9. The lowest BCUT2D eigenvalue weighted by molar-refractivity contribution is -0.142. The first-order valence-corrected chi connectivity index (χ1v) is 12.7. The molecule has 2 amide bonds. The van der Waals surface area contributed by atoms with E-state index in [9.17, 15) is 19.5 Å². The molecule has 2 aliphatic heterocycles. The van der Waals surface area contributed by atoms with Crippen molar-refractivity contribution in [1.29, 1.82) is 0 Å². The van der Waals surface area contributed by atoms with Crippen LogP contribution in [0.15, 0.2) is 54.2 Å². The lowest BCUT2D eigenvalue weighted by atomic mass is 9.96. The van der Waals surface area contributed by atoms with E-state index in [0.717, 1.165) is 0 Å². The average molecular weight is 508 g/mol. The zero-order valence-corrected chi connectivity index (χ0v) is 21.4. The number of amides is 2. The number of aromatic nitrogens is 1. The number of pyridine rings is 1. The molecule has 37 heavy (non-hydrogen) atoms. The molecule has 4 rings (SSSR count). The largest absolute Gasteiger partial charge is 0.507 e. The molecule has 3 heterocycles. The number of carbonyl (C=O) groups excluding carboxylic acids is 3. The Morgan fingerprint density at radius 3 is 2.54 bits per heavy atom. The second-order valence-corrected chi connectivity index (χ2v) is 9.61. The van der Waals surface area contributed by atoms with Gasteiger partial charge < -0.3 is 24.4 Å². The van der Waals surface area contributed by atoms with Crippen LogP contribution in [0.3, 0.4) is 0 Å². The number of aliphatic hydroxyl groups excluding tert-OH is 1. The molecule has 2 aliphatic rings. The highest BCUT2D eigenvalue weighted by Crippen LogP contribution is 2.41. The molecular weight excluding hydrogens is 474 g/mol. The average Bonchev–Trinajstić information content (AvgIpc) is 3.18. The molecular formula is C28H33N3O6. The van der Waals surface area contributed by atoms with Gasteiger partial charge in [-0.1, -0.05) is 32.0 Å². The summed E-state index contributed by atoms with van der Waals surface area (Å²) in [4.78, 5) is 46.4. The van der Waals surface area contributed by atoms with E-state index in [-0.39, 0.29) is 30.1 Å². The fraction of sp³-hybridized carbons (Fsp3) is 0.429. The third-order valence-corrected chi connectivity index (χ3v) is 6.52. The molecule has 1 aromatic heterocycles. The van der Waals surface area contributed by atoms with Gasteiger partial charge in [0.25, 0.3) is 11.7 Å². The monoisotopic (exact) mass is 507 g/mol. The Bertz CT molecular complexity index is 1170. The maximum atomic E-state index is 13.4. The Labute approximate surface area is 216 Å². The Kier molecular flexibility index (Phi) is 8.11. The number of hydrogen-bond acceptors (Lipinski definition) is 7. The van der Waals surface area contributed by atoms with Gasteiger partial charge in [0, 0.05) is 30.9 Å². The maximum absolute atomic E-state index is 13.4. The number of ether oxygens (including phenoxy) is 2. The number of likely N-dealkylation sites (tertiary alicyclic amines) is 2. The molecule has 9 heteroatoms. The minimum atomic E-state index is -0.847. The summed E-state index contributed by atoms with van der Waals surface area (Å²) >= 11 is 0. The molecule has 0 spiro atoms. The third-order valence-electron chi connectivity index (χ3n) is 6.52. The highest BCUT2D eigenvalue weighted by Gasteiger charge is 2.50. The minimum Gasteiger partial charge on any atom is -0.507 e. The first kappa shape index (κ1) is 26.2. The van der Waals surface area contributed by atoms with E-state index in [0.29, 0.717) is 55.5 Å². The maximum Gasteiger partial charge on any atom is 0.409 e. The van der Waals surface area contributed by atoms with Crippen molar-refractivity contribution < 1.29 is 29.0 Å². The number of aliphatic hydroxyl groups is 1. The second-order valence-electron chi connectivity index (χ2n) is 9.61. The predicted molar refractivity (Wildman–Crippen MR) is 137 cm³/mol. The van der Waals surface area contributed by atoms with Crippen molar-refractivity contribution in [2.24, 2.45) is 5.92 Å². The summed E-state index contributed by atoms with van der Waals surface area (Å²) in [6.45, 7) is 7.42. The normalized spacial score (nSPS) is 19.9. The summed E-state index contributed by atoms with van der Waals surface area (Å²) in [5, 5.41) is 11.4. The first-order valence-electron chi connectivity index (χ1n) is 12.7. The zero-order chi connectivity index (χ0) is 26.5. The fourth-order valence-corrected chi connectivity index (χ4v) is 4.75. The number of hydrogen-bond donors (Lipinski definition) is 1. The molecule has 196 valence electrons. The van der Waals surface area contributed by atoms with Crippen molar-refractivity contribution >= 4 is 23.5 Å². The lowest BCUT2D eigenvalue weighted by Gasteiger charge is -2.38. The molecule has 9 nitrogen and oxygen atoms in total. The van der Waals surface area contributed by atoms with Gasteiger partial charge in [0.1, 0.15) is 17.6 Å². The molecule has 1 unspecified atom stereocenters. The van der Waals surface area contributed by atoms with Gasteiger partial charge in [0.15, 0.2) is 0 Å². The Morgan fingerprint density at radius 1 is 1.14 bits per heavy atom. The van der Waals surface area contributed by atoms with Gasteiger partial charge in [0.05, 0.1) is 24.5 Å². The van der Waals surface area contributed by atoms with Crippen LogP contribution in [0.4, 0.5) is 4.79 Å². The van der Waals surface area contributed by atoms with Crippen LogP contribution in [0.5, 0.6) is 5.75 Å². The van der Waals surface area contributed by atoms with Crippen molar-refractivity contribution in [3.8, 4) is 5.75 Å². The van der Waals surface area contributed by atoms with Crippen LogP contribution >= 0.6 is 0 Å². The quantitative estimate of drug-likeness (QED) is 0.340. The van der Waals surface area contributed by atoms with Crippen LogP contribution in [0.2, 0.25) is 0 Å². The lowest BCUT2D eigenvalue weighted by Crippen LogP contribution is -2.48. The Morgan fingerprint density at radius 2 is 1.89 bits per heavy atom. The van der Waals surface area contributed by atoms with E-state index in [1.165, 1.54) is 4.90 Å². The number of Topliss-reactive ketones (excluding diaryl/α,β-unsaturated/α-hetero) is 1. The highest BCUT2D eigenvalue weighted by molar-refractivity contribution is 6.46. The van der Waals surface area contributed by atoms with E-state index in [1.807, 2.05) is 13.8 Å². The molecule has 1 atom stereocenters. The smallest absolute Gasteiger partial charge is 0.409 e. The summed E-state index contributed by atoms with van der Waals surface area (Å²) in [6.07, 6.45) is 2.17. The molecule has 0 aliphatic carbocycles. The van der Waals surface area contributed by atoms with Crippen molar-refractivity contribution in [3.05, 3.63) is 65.5 Å². The standard InChI is InChI=1S/C28H33N3O6/c1-4-36-28(35)30-14-11-20(12-15-30)31-24(22-10-5-6-13-29-22)23(26(33)27(31)34)25(32)19-8-7-9-21(16-19)37-17-18(2)3/h5-10,13,16,18,20,24,32H,4,11-12,14-15,17H2,1-3H3/b25-23+. The minimum absolute atomic E-state index is 0.00229. The number of nitrogens with zero attached hydrogens (tertiary/aromatic N) is 3. The highest BCUT2D eigenvalue weighted by atomic mass is 16.6. The summed E-state index contributed by atoms with van der Waals surface area (Å²) in [5.41, 5.74) is 0.873. The molecule has 1 aromatic carbocycles. The van der Waals surface area contributed by atoms with Crippen LogP contribution in [-0.4, -0.2) is 70.0 Å². The molecule has 2 fully saturated rings. The predicted octanol–water partition coefficient (Wildman–Crippen LogP) is 4.16. The first-order chi connectivity index (χ1) is 17.8. The number of ketones is 1. The van der Waals surface area contributed by atoms with Crippen molar-refractivity contribution in [1.82, 2.24) is 14.8 Å². The summed E-state index contributed by atoms with van der Waals surface area (Å²) in [6, 6.07) is 11.0. The van der Waals surface area contributed by atoms with Crippen molar-refractivity contribution in [2.45, 2.75) is 45.7 Å². The van der Waals surface area contributed by atoms with Gasteiger partial charge in [-0.2, -0.15) is 0 Å². The van der Waals surface area contributed by atoms with Gasteiger partial charge in [-0.05, 0) is 49.9 Å². The van der Waals surface area contributed by atoms with Gasteiger partial charge in [0.2, 0.25) is 0 Å². The van der Waals surface area contributed by atoms with Gasteiger partial charge in [-0.3, -0.25) is 14.6 Å². The van der Waals surface area contributed by atoms with E-state index in [2.05, 4.69) is 4.98 Å². The van der Waals surface area contributed by atoms with Crippen LogP contribution in [-0.2, 0) is 14.3 Å². The van der Waals surface area contributed by atoms with E-state index < -0.39 is 17.7 Å². The van der Waals surface area contributed by atoms with Crippen LogP contribution in [0.25, 0.3) is 5.76 Å². The van der Waals surface area contributed by atoms with Crippen LogP contribution < -0.4 is 4.74 Å². The molecule has 1 N–H and O–H groups in total. The number of benzene rings is 1. The van der Waals surface area contributed by atoms with Gasteiger partial charge in [-0.25, -0.2) is 4.79 Å². The van der Waals surface area contributed by atoms with E-state index in [4.69, 9.17) is 9.47 Å².